The molecule has 1 aliphatic carbocycles. The Hall–Kier alpha value is -0.840. The Morgan fingerprint density at radius 3 is 2.72 bits per heavy atom. The van der Waals surface area contributed by atoms with Crippen molar-refractivity contribution >= 4 is 0 Å². The lowest BCUT2D eigenvalue weighted by Gasteiger charge is -2.25. The average molecular weight is 350 g/mol. The van der Waals surface area contributed by atoms with E-state index in [2.05, 4.69) is 6.08 Å². The second kappa shape index (κ2) is 9.20. The molecule has 0 aromatic rings. The molecule has 0 aromatic heterocycles. The van der Waals surface area contributed by atoms with E-state index in [-0.39, 0.29) is 18.3 Å². The SMILES string of the molecule is CCOC/C=C(/O)C[C@@H]1[C@H](/C=C/C(O)CC2CCCC2)[C@@H]2CC[C@H]1O2. The van der Waals surface area contributed by atoms with E-state index in [4.69, 9.17) is 9.47 Å². The Bertz CT molecular complexity index is 467. The molecular weight excluding hydrogens is 316 g/mol. The monoisotopic (exact) mass is 350 g/mol. The maximum absolute atomic E-state index is 10.3. The molecule has 0 aromatic carbocycles. The average Bonchev–Trinajstić information content (AvgIpc) is 3.31. The first-order chi connectivity index (χ1) is 12.2. The summed E-state index contributed by atoms with van der Waals surface area (Å²) in [7, 11) is 0. The van der Waals surface area contributed by atoms with Crippen molar-refractivity contribution in [2.24, 2.45) is 17.8 Å². The topological polar surface area (TPSA) is 58.9 Å². The van der Waals surface area contributed by atoms with Crippen LogP contribution < -0.4 is 0 Å². The zero-order valence-electron chi connectivity index (χ0n) is 15.5. The zero-order valence-corrected chi connectivity index (χ0v) is 15.5. The molecule has 3 rings (SSSR count). The third-order valence-corrected chi connectivity index (χ3v) is 6.18. The van der Waals surface area contributed by atoms with Gasteiger partial charge in [-0.05, 0) is 38.2 Å². The normalized spacial score (nSPS) is 34.4. The second-order valence-electron chi connectivity index (χ2n) is 7.93. The largest absolute Gasteiger partial charge is 0.513 e. The summed E-state index contributed by atoms with van der Waals surface area (Å²) >= 11 is 0. The molecule has 3 aliphatic rings. The number of rotatable bonds is 9. The number of ether oxygens (including phenoxy) is 2. The number of aliphatic hydroxyl groups is 2. The van der Waals surface area contributed by atoms with Crippen LogP contribution in [0.2, 0.25) is 0 Å². The molecule has 2 saturated heterocycles. The summed E-state index contributed by atoms with van der Waals surface area (Å²) < 4.78 is 11.4. The van der Waals surface area contributed by atoms with Crippen LogP contribution in [0.1, 0.15) is 58.3 Å². The van der Waals surface area contributed by atoms with Gasteiger partial charge in [-0.1, -0.05) is 37.8 Å². The van der Waals surface area contributed by atoms with Crippen molar-refractivity contribution in [3.8, 4) is 0 Å². The van der Waals surface area contributed by atoms with Crippen LogP contribution >= 0.6 is 0 Å². The highest BCUT2D eigenvalue weighted by molar-refractivity contribution is 5.10. The van der Waals surface area contributed by atoms with Gasteiger partial charge in [0.05, 0.1) is 30.7 Å². The summed E-state index contributed by atoms with van der Waals surface area (Å²) in [5.41, 5.74) is 0. The predicted octanol–water partition coefficient (Wildman–Crippen LogP) is 4.15. The Morgan fingerprint density at radius 1 is 1.20 bits per heavy atom. The molecule has 0 spiro atoms. The van der Waals surface area contributed by atoms with Crippen molar-refractivity contribution in [1.29, 1.82) is 0 Å². The molecule has 2 bridgehead atoms. The van der Waals surface area contributed by atoms with Crippen LogP contribution in [0.25, 0.3) is 0 Å². The highest BCUT2D eigenvalue weighted by atomic mass is 16.5. The standard InChI is InChI=1S/C21H34O4/c1-2-24-12-11-17(23)14-19-18(20-9-10-21(19)25-20)8-7-16(22)13-15-5-3-4-6-15/h7-8,11,15-16,18-23H,2-6,9-10,12-14H2,1H3/b8-7+,17-11+/t16?,18-,19+,20-,21+/m0/s1. The highest BCUT2D eigenvalue weighted by Crippen LogP contribution is 2.46. The third kappa shape index (κ3) is 5.08. The minimum absolute atomic E-state index is 0.245. The molecule has 3 fully saturated rings. The summed E-state index contributed by atoms with van der Waals surface area (Å²) in [4.78, 5) is 0. The molecule has 25 heavy (non-hydrogen) atoms. The Labute approximate surface area is 151 Å². The molecule has 0 radical (unpaired) electrons. The van der Waals surface area contributed by atoms with E-state index in [0.29, 0.717) is 43.1 Å². The van der Waals surface area contributed by atoms with Crippen molar-refractivity contribution < 1.29 is 19.7 Å². The van der Waals surface area contributed by atoms with Crippen LogP contribution in [0.15, 0.2) is 24.0 Å². The second-order valence-corrected chi connectivity index (χ2v) is 7.93. The van der Waals surface area contributed by atoms with E-state index in [1.54, 1.807) is 6.08 Å². The number of hydrogen-bond donors (Lipinski definition) is 2. The predicted molar refractivity (Wildman–Crippen MR) is 98.4 cm³/mol. The van der Waals surface area contributed by atoms with Crippen molar-refractivity contribution in [3.63, 3.8) is 0 Å². The van der Waals surface area contributed by atoms with Gasteiger partial charge in [0.25, 0.3) is 0 Å². The summed E-state index contributed by atoms with van der Waals surface area (Å²) in [5, 5.41) is 20.5. The molecule has 2 aliphatic heterocycles. The minimum atomic E-state index is -0.343. The van der Waals surface area contributed by atoms with Crippen molar-refractivity contribution in [1.82, 2.24) is 0 Å². The van der Waals surface area contributed by atoms with Crippen LogP contribution in [0.3, 0.4) is 0 Å². The Kier molecular flexibility index (Phi) is 6.97. The molecule has 4 heteroatoms. The van der Waals surface area contributed by atoms with Crippen molar-refractivity contribution in [2.45, 2.75) is 76.6 Å². The molecule has 4 nitrogen and oxygen atoms in total. The van der Waals surface area contributed by atoms with Crippen LogP contribution in [-0.4, -0.2) is 41.7 Å². The molecule has 5 atom stereocenters. The summed E-state index contributed by atoms with van der Waals surface area (Å²) in [6.07, 6.45) is 15.0. The first kappa shape index (κ1) is 18.9. The maximum Gasteiger partial charge on any atom is 0.0909 e. The molecule has 1 saturated carbocycles. The van der Waals surface area contributed by atoms with Gasteiger partial charge in [-0.15, -0.1) is 0 Å². The Morgan fingerprint density at radius 2 is 1.96 bits per heavy atom. The van der Waals surface area contributed by atoms with E-state index in [1.807, 2.05) is 13.0 Å². The van der Waals surface area contributed by atoms with Gasteiger partial charge < -0.3 is 19.7 Å². The van der Waals surface area contributed by atoms with Gasteiger partial charge in [0.2, 0.25) is 0 Å². The number of aliphatic hydroxyl groups excluding tert-OH is 2. The van der Waals surface area contributed by atoms with Crippen LogP contribution in [-0.2, 0) is 9.47 Å². The van der Waals surface area contributed by atoms with E-state index in [0.717, 1.165) is 19.3 Å². The fraction of sp³-hybridized carbons (Fsp3) is 0.810. The van der Waals surface area contributed by atoms with Gasteiger partial charge >= 0.3 is 0 Å². The smallest absolute Gasteiger partial charge is 0.0909 e. The number of allylic oxidation sites excluding steroid dienone is 1. The first-order valence-corrected chi connectivity index (χ1v) is 10.1. The maximum atomic E-state index is 10.3. The minimum Gasteiger partial charge on any atom is -0.513 e. The highest BCUT2D eigenvalue weighted by Gasteiger charge is 2.47. The van der Waals surface area contributed by atoms with E-state index in [9.17, 15) is 10.2 Å². The van der Waals surface area contributed by atoms with Gasteiger partial charge in [0.1, 0.15) is 0 Å². The summed E-state index contributed by atoms with van der Waals surface area (Å²) in [6, 6.07) is 0. The van der Waals surface area contributed by atoms with Gasteiger partial charge in [-0.2, -0.15) is 0 Å². The van der Waals surface area contributed by atoms with Crippen LogP contribution in [0.5, 0.6) is 0 Å². The van der Waals surface area contributed by atoms with Crippen LogP contribution in [0, 0.1) is 17.8 Å². The lowest BCUT2D eigenvalue weighted by Crippen LogP contribution is -2.26. The molecule has 2 N–H and O–H groups in total. The number of hydrogen-bond acceptors (Lipinski definition) is 4. The quantitative estimate of drug-likeness (QED) is 0.373. The van der Waals surface area contributed by atoms with Gasteiger partial charge in [0.15, 0.2) is 0 Å². The third-order valence-electron chi connectivity index (χ3n) is 6.18. The van der Waals surface area contributed by atoms with Gasteiger partial charge in [-0.25, -0.2) is 0 Å². The van der Waals surface area contributed by atoms with E-state index >= 15 is 0 Å². The lowest BCUT2D eigenvalue weighted by atomic mass is 9.76. The van der Waals surface area contributed by atoms with Gasteiger partial charge in [-0.3, -0.25) is 0 Å². The summed E-state index contributed by atoms with van der Waals surface area (Å²) in [5.74, 6) is 1.71. The molecule has 2 heterocycles. The van der Waals surface area contributed by atoms with E-state index < -0.39 is 0 Å². The molecule has 1 unspecified atom stereocenters. The summed E-state index contributed by atoms with van der Waals surface area (Å²) in [6.45, 7) is 3.07. The van der Waals surface area contributed by atoms with Gasteiger partial charge in [0, 0.05) is 24.9 Å². The van der Waals surface area contributed by atoms with E-state index in [1.165, 1.54) is 25.7 Å². The van der Waals surface area contributed by atoms with Crippen molar-refractivity contribution in [3.05, 3.63) is 24.0 Å². The fourth-order valence-electron chi connectivity index (χ4n) is 4.87. The fourth-order valence-corrected chi connectivity index (χ4v) is 4.87. The molecule has 142 valence electrons. The van der Waals surface area contributed by atoms with Crippen LogP contribution in [0.4, 0.5) is 0 Å². The lowest BCUT2D eigenvalue weighted by molar-refractivity contribution is 0.0882. The zero-order chi connectivity index (χ0) is 17.6. The number of fused-ring (bicyclic) bond motifs is 2. The first-order valence-electron chi connectivity index (χ1n) is 10.1. The molecule has 0 amide bonds. The van der Waals surface area contributed by atoms with Crippen molar-refractivity contribution in [2.75, 3.05) is 13.2 Å². The Balaban J connectivity index is 1.54. The molecular formula is C21H34O4.